The summed E-state index contributed by atoms with van der Waals surface area (Å²) in [6, 6.07) is 51.0. The van der Waals surface area contributed by atoms with Gasteiger partial charge < -0.3 is 4.57 Å². The summed E-state index contributed by atoms with van der Waals surface area (Å²) in [7, 11) is 0. The molecule has 9 rings (SSSR count). The summed E-state index contributed by atoms with van der Waals surface area (Å²) in [6.07, 6.45) is 4.44. The molecule has 9 aromatic rings. The van der Waals surface area contributed by atoms with Gasteiger partial charge in [-0.25, -0.2) is 15.0 Å². The van der Waals surface area contributed by atoms with Crippen LogP contribution in [0.4, 0.5) is 0 Å². The monoisotopic (exact) mass is 690 g/mol. The summed E-state index contributed by atoms with van der Waals surface area (Å²) >= 11 is 1.83. The van der Waals surface area contributed by atoms with Crippen molar-refractivity contribution in [1.29, 1.82) is 0 Å². The molecule has 0 saturated heterocycles. The van der Waals surface area contributed by atoms with E-state index in [-0.39, 0.29) is 0 Å². The number of hydrogen-bond donors (Lipinski definition) is 0. The van der Waals surface area contributed by atoms with Crippen LogP contribution in [0, 0.1) is 0 Å². The maximum Gasteiger partial charge on any atom is 0.164 e. The van der Waals surface area contributed by atoms with Crippen LogP contribution in [-0.2, 0) is 0 Å². The molecule has 4 nitrogen and oxygen atoms in total. The molecular weight excluding hydrogens is 653 g/mol. The molecule has 0 unspecified atom stereocenters. The summed E-state index contributed by atoms with van der Waals surface area (Å²) in [5.74, 6) is 1.98. The van der Waals surface area contributed by atoms with Crippen molar-refractivity contribution in [3.8, 4) is 51.0 Å². The highest BCUT2D eigenvalue weighted by atomic mass is 32.1. The third-order valence-corrected chi connectivity index (χ3v) is 10.6. The van der Waals surface area contributed by atoms with Gasteiger partial charge in [-0.15, -0.1) is 11.3 Å². The molecule has 3 aromatic heterocycles. The van der Waals surface area contributed by atoms with Gasteiger partial charge in [-0.1, -0.05) is 135 Å². The van der Waals surface area contributed by atoms with Gasteiger partial charge in [0.05, 0.1) is 5.52 Å². The standard InChI is InChI=1S/C45H32N4S.C2H6/c1-3-33-37-28-31(24-27-39(37)49(38(33)4-2)32-20-12-7-13-21-32)34-25-26-36(41-35-22-14-15-23-40(35)50-42(34)41)45-47-43(29-16-8-5-9-17-29)46-44(48-45)30-18-10-6-11-19-30;1-2/h3-28H,1-2H3;1-2H3/b33-3-,38-4+;. The molecule has 3 heterocycles. The summed E-state index contributed by atoms with van der Waals surface area (Å²) < 4.78 is 4.82. The maximum atomic E-state index is 5.12. The van der Waals surface area contributed by atoms with Crippen molar-refractivity contribution < 1.29 is 0 Å². The minimum Gasteiger partial charge on any atom is -0.310 e. The van der Waals surface area contributed by atoms with Gasteiger partial charge in [0.2, 0.25) is 0 Å². The lowest BCUT2D eigenvalue weighted by Crippen LogP contribution is -2.27. The number of thiophene rings is 1. The van der Waals surface area contributed by atoms with Crippen LogP contribution in [-0.4, -0.2) is 19.5 Å². The summed E-state index contributed by atoms with van der Waals surface area (Å²) in [5.41, 5.74) is 7.65. The molecule has 0 radical (unpaired) electrons. The van der Waals surface area contributed by atoms with Crippen LogP contribution in [0.15, 0.2) is 146 Å². The second kappa shape index (κ2) is 14.2. The van der Waals surface area contributed by atoms with Crippen molar-refractivity contribution in [3.63, 3.8) is 0 Å². The van der Waals surface area contributed by atoms with E-state index in [0.29, 0.717) is 17.5 Å². The fourth-order valence-corrected chi connectivity index (χ4v) is 8.38. The molecule has 0 atom stereocenters. The highest BCUT2D eigenvalue weighted by Gasteiger charge is 2.20. The Morgan fingerprint density at radius 3 is 1.73 bits per heavy atom. The second-order valence-corrected chi connectivity index (χ2v) is 13.3. The summed E-state index contributed by atoms with van der Waals surface area (Å²) in [5, 5.41) is 6.04. The molecule has 0 aliphatic rings. The van der Waals surface area contributed by atoms with E-state index in [1.54, 1.807) is 0 Å². The summed E-state index contributed by atoms with van der Waals surface area (Å²) in [6.45, 7) is 8.25. The van der Waals surface area contributed by atoms with Crippen molar-refractivity contribution in [2.45, 2.75) is 27.7 Å². The highest BCUT2D eigenvalue weighted by molar-refractivity contribution is 7.26. The lowest BCUT2D eigenvalue weighted by atomic mass is 9.97. The van der Waals surface area contributed by atoms with Crippen LogP contribution in [0.5, 0.6) is 0 Å². The molecule has 0 N–H and O–H groups in total. The zero-order chi connectivity index (χ0) is 35.6. The van der Waals surface area contributed by atoms with Crippen LogP contribution >= 0.6 is 11.3 Å². The minimum atomic E-state index is 0.659. The van der Waals surface area contributed by atoms with Crippen LogP contribution in [0.2, 0.25) is 0 Å². The fraction of sp³-hybridized carbons (Fsp3) is 0.0851. The Morgan fingerprint density at radius 2 is 1.10 bits per heavy atom. The number of aromatic nitrogens is 4. The Labute approximate surface area is 307 Å². The zero-order valence-corrected chi connectivity index (χ0v) is 30.5. The number of nitrogens with zero attached hydrogens (tertiary/aromatic N) is 4. The molecule has 0 amide bonds. The van der Waals surface area contributed by atoms with Gasteiger partial charge in [0.1, 0.15) is 0 Å². The maximum absolute atomic E-state index is 5.12. The van der Waals surface area contributed by atoms with Crippen molar-refractivity contribution in [2.24, 2.45) is 0 Å². The number of hydrogen-bond acceptors (Lipinski definition) is 4. The van der Waals surface area contributed by atoms with E-state index in [1.807, 2.05) is 61.6 Å². The first-order valence-electron chi connectivity index (χ1n) is 17.9. The third kappa shape index (κ3) is 5.69. The van der Waals surface area contributed by atoms with Crippen LogP contribution < -0.4 is 10.6 Å². The molecule has 0 saturated carbocycles. The predicted molar refractivity (Wildman–Crippen MR) is 222 cm³/mol. The average Bonchev–Trinajstić information content (AvgIpc) is 3.77. The topological polar surface area (TPSA) is 43.6 Å². The largest absolute Gasteiger partial charge is 0.310 e. The molecule has 0 aliphatic carbocycles. The van der Waals surface area contributed by atoms with Gasteiger partial charge in [0, 0.05) is 58.5 Å². The highest BCUT2D eigenvalue weighted by Crippen LogP contribution is 2.44. The van der Waals surface area contributed by atoms with E-state index in [4.69, 9.17) is 15.0 Å². The molecule has 52 heavy (non-hydrogen) atoms. The van der Waals surface area contributed by atoms with Crippen LogP contribution in [0.3, 0.4) is 0 Å². The average molecular weight is 691 g/mol. The second-order valence-electron chi connectivity index (χ2n) is 12.3. The number of benzene rings is 6. The first-order valence-corrected chi connectivity index (χ1v) is 18.7. The Kier molecular flexibility index (Phi) is 9.02. The lowest BCUT2D eigenvalue weighted by Gasteiger charge is -2.12. The Morgan fingerprint density at radius 1 is 0.519 bits per heavy atom. The quantitative estimate of drug-likeness (QED) is 0.181. The molecule has 0 fully saturated rings. The predicted octanol–water partition coefficient (Wildman–Crippen LogP) is 11.5. The molecular formula is C47H38N4S. The van der Waals surface area contributed by atoms with Crippen LogP contribution in [0.25, 0.3) is 94.2 Å². The molecule has 0 spiro atoms. The van der Waals surface area contributed by atoms with Gasteiger partial charge in [0.25, 0.3) is 0 Å². The van der Waals surface area contributed by atoms with E-state index in [1.165, 1.54) is 52.8 Å². The lowest BCUT2D eigenvalue weighted by molar-refractivity contribution is 1.07. The first-order chi connectivity index (χ1) is 25.7. The Hall–Kier alpha value is -6.17. The van der Waals surface area contributed by atoms with E-state index in [9.17, 15) is 0 Å². The van der Waals surface area contributed by atoms with Gasteiger partial charge in [-0.05, 0) is 61.4 Å². The van der Waals surface area contributed by atoms with E-state index in [2.05, 4.69) is 140 Å². The normalized spacial score (nSPS) is 12.1. The summed E-state index contributed by atoms with van der Waals surface area (Å²) in [4.78, 5) is 15.2. The molecule has 0 bridgehead atoms. The van der Waals surface area contributed by atoms with Crippen molar-refractivity contribution in [3.05, 3.63) is 156 Å². The molecule has 5 heteroatoms. The molecule has 6 aromatic carbocycles. The van der Waals surface area contributed by atoms with Crippen molar-refractivity contribution >= 4 is 54.6 Å². The molecule has 0 aliphatic heterocycles. The first kappa shape index (κ1) is 33.0. The van der Waals surface area contributed by atoms with Gasteiger partial charge in [-0.3, -0.25) is 0 Å². The van der Waals surface area contributed by atoms with Crippen molar-refractivity contribution in [2.75, 3.05) is 0 Å². The zero-order valence-electron chi connectivity index (χ0n) is 29.7. The number of para-hydroxylation sites is 1. The molecule has 252 valence electrons. The van der Waals surface area contributed by atoms with Gasteiger partial charge in [0.15, 0.2) is 17.5 Å². The van der Waals surface area contributed by atoms with E-state index < -0.39 is 0 Å². The number of fused-ring (bicyclic) bond motifs is 4. The SMILES string of the molecule is C/C=c1\c(=C/C)n(-c2ccccc2)c2ccc(-c3ccc(-c4nc(-c5ccccc5)nc(-c5ccccc5)n4)c4c3sc3ccccc34)cc12.CC. The van der Waals surface area contributed by atoms with Crippen LogP contribution in [0.1, 0.15) is 27.7 Å². The fourth-order valence-electron chi connectivity index (χ4n) is 7.12. The number of rotatable bonds is 5. The third-order valence-electron chi connectivity index (χ3n) is 9.40. The van der Waals surface area contributed by atoms with Gasteiger partial charge >= 0.3 is 0 Å². The van der Waals surface area contributed by atoms with E-state index in [0.717, 1.165) is 22.4 Å². The smallest absolute Gasteiger partial charge is 0.164 e. The van der Waals surface area contributed by atoms with Gasteiger partial charge in [-0.2, -0.15) is 0 Å². The Balaban J connectivity index is 0.00000190. The van der Waals surface area contributed by atoms with E-state index >= 15 is 0 Å². The Bertz CT molecular complexity index is 2760. The minimum absolute atomic E-state index is 0.659. The van der Waals surface area contributed by atoms with Crippen molar-refractivity contribution in [1.82, 2.24) is 19.5 Å².